The summed E-state index contributed by atoms with van der Waals surface area (Å²) in [5.74, 6) is -1.13. The Balaban J connectivity index is 2.67. The van der Waals surface area contributed by atoms with Crippen LogP contribution in [-0.2, 0) is 4.79 Å². The molecule has 2 amide bonds. The molecule has 0 spiro atoms. The second-order valence-corrected chi connectivity index (χ2v) is 2.69. The zero-order chi connectivity index (χ0) is 11.3. The fourth-order valence-corrected chi connectivity index (χ4v) is 0.852. The molecule has 1 aromatic heterocycles. The van der Waals surface area contributed by atoms with Crippen LogP contribution in [0.5, 0.6) is 0 Å². The quantitative estimate of drug-likeness (QED) is 0.669. The van der Waals surface area contributed by atoms with Gasteiger partial charge in [-0.1, -0.05) is 0 Å². The van der Waals surface area contributed by atoms with E-state index in [4.69, 9.17) is 11.0 Å². The lowest BCUT2D eigenvalue weighted by Crippen LogP contribution is -2.33. The zero-order valence-electron chi connectivity index (χ0n) is 7.73. The molecule has 0 radical (unpaired) electrons. The lowest BCUT2D eigenvalue weighted by molar-refractivity contribution is -0.117. The number of pyridine rings is 1. The van der Waals surface area contributed by atoms with Gasteiger partial charge in [0.25, 0.3) is 5.91 Å². The average Bonchev–Trinajstić information content (AvgIpc) is 2.26. The number of nitrogens with one attached hydrogen (secondary N) is 1. The standard InChI is InChI=1S/C9H8N4O2/c10-3-6-1-2-7(12-4-6)9(15)13-5-8(11)14/h1-2,4H,5H2,(H2,11,14)(H,13,15). The molecule has 15 heavy (non-hydrogen) atoms. The minimum Gasteiger partial charge on any atom is -0.368 e. The van der Waals surface area contributed by atoms with Gasteiger partial charge in [-0.15, -0.1) is 0 Å². The molecule has 0 saturated carbocycles. The summed E-state index contributed by atoms with van der Waals surface area (Å²) >= 11 is 0. The maximum absolute atomic E-state index is 11.3. The fourth-order valence-electron chi connectivity index (χ4n) is 0.852. The van der Waals surface area contributed by atoms with E-state index >= 15 is 0 Å². The predicted octanol–water partition coefficient (Wildman–Crippen LogP) is -0.832. The molecule has 0 atom stereocenters. The van der Waals surface area contributed by atoms with Crippen molar-refractivity contribution in [2.75, 3.05) is 6.54 Å². The Hall–Kier alpha value is -2.42. The van der Waals surface area contributed by atoms with Crippen LogP contribution in [0.4, 0.5) is 0 Å². The van der Waals surface area contributed by atoms with Crippen LogP contribution in [0.1, 0.15) is 16.1 Å². The SMILES string of the molecule is N#Cc1ccc(C(=O)NCC(N)=O)nc1. The summed E-state index contributed by atoms with van der Waals surface area (Å²) in [6.45, 7) is -0.236. The molecule has 0 fully saturated rings. The van der Waals surface area contributed by atoms with Gasteiger partial charge in [-0.3, -0.25) is 9.59 Å². The van der Waals surface area contributed by atoms with Crippen LogP contribution >= 0.6 is 0 Å². The van der Waals surface area contributed by atoms with Gasteiger partial charge >= 0.3 is 0 Å². The zero-order valence-corrected chi connectivity index (χ0v) is 7.73. The minimum absolute atomic E-state index is 0.134. The molecule has 0 saturated heterocycles. The summed E-state index contributed by atoms with van der Waals surface area (Å²) in [6, 6.07) is 4.74. The molecule has 0 aliphatic heterocycles. The number of nitriles is 1. The molecule has 1 rings (SSSR count). The second-order valence-electron chi connectivity index (χ2n) is 2.69. The van der Waals surface area contributed by atoms with E-state index in [-0.39, 0.29) is 12.2 Å². The van der Waals surface area contributed by atoms with E-state index in [1.54, 1.807) is 0 Å². The van der Waals surface area contributed by atoms with Crippen molar-refractivity contribution in [2.24, 2.45) is 5.73 Å². The summed E-state index contributed by atoms with van der Waals surface area (Å²) in [5, 5.41) is 10.8. The Bertz CT molecular complexity index is 419. The lowest BCUT2D eigenvalue weighted by atomic mass is 10.2. The van der Waals surface area contributed by atoms with E-state index in [0.29, 0.717) is 5.56 Å². The highest BCUT2D eigenvalue weighted by atomic mass is 16.2. The van der Waals surface area contributed by atoms with E-state index in [1.807, 2.05) is 6.07 Å². The summed E-state index contributed by atoms with van der Waals surface area (Å²) in [5.41, 5.74) is 5.34. The first kappa shape index (κ1) is 10.7. The summed E-state index contributed by atoms with van der Waals surface area (Å²) in [7, 11) is 0. The predicted molar refractivity (Wildman–Crippen MR) is 50.5 cm³/mol. The van der Waals surface area contributed by atoms with Crippen molar-refractivity contribution in [3.05, 3.63) is 29.6 Å². The third-order valence-electron chi connectivity index (χ3n) is 1.55. The second kappa shape index (κ2) is 4.72. The number of hydrogen-bond donors (Lipinski definition) is 2. The highest BCUT2D eigenvalue weighted by Gasteiger charge is 2.07. The van der Waals surface area contributed by atoms with Crippen molar-refractivity contribution in [3.8, 4) is 6.07 Å². The average molecular weight is 204 g/mol. The molecule has 6 nitrogen and oxygen atoms in total. The van der Waals surface area contributed by atoms with E-state index in [0.717, 1.165) is 0 Å². The van der Waals surface area contributed by atoms with Crippen molar-refractivity contribution in [1.29, 1.82) is 5.26 Å². The topological polar surface area (TPSA) is 109 Å². The lowest BCUT2D eigenvalue weighted by Gasteiger charge is -2.01. The van der Waals surface area contributed by atoms with Crippen LogP contribution < -0.4 is 11.1 Å². The molecule has 0 aromatic carbocycles. The van der Waals surface area contributed by atoms with E-state index in [9.17, 15) is 9.59 Å². The molecular formula is C9H8N4O2. The Morgan fingerprint density at radius 2 is 2.27 bits per heavy atom. The van der Waals surface area contributed by atoms with Crippen LogP contribution in [0, 0.1) is 11.3 Å². The van der Waals surface area contributed by atoms with Gasteiger partial charge in [0.1, 0.15) is 11.8 Å². The van der Waals surface area contributed by atoms with Crippen LogP contribution in [0.3, 0.4) is 0 Å². The number of aromatic nitrogens is 1. The Morgan fingerprint density at radius 1 is 1.53 bits per heavy atom. The first-order chi connectivity index (χ1) is 7.13. The molecule has 0 aliphatic carbocycles. The summed E-state index contributed by atoms with van der Waals surface area (Å²) in [4.78, 5) is 25.4. The molecule has 0 aliphatic rings. The molecule has 1 aromatic rings. The number of amides is 2. The summed E-state index contributed by atoms with van der Waals surface area (Å²) < 4.78 is 0. The van der Waals surface area contributed by atoms with Crippen LogP contribution in [0.2, 0.25) is 0 Å². The van der Waals surface area contributed by atoms with Gasteiger partial charge in [0.05, 0.1) is 12.1 Å². The minimum atomic E-state index is -0.628. The van der Waals surface area contributed by atoms with Crippen LogP contribution in [0.15, 0.2) is 18.3 Å². The number of hydrogen-bond acceptors (Lipinski definition) is 4. The largest absolute Gasteiger partial charge is 0.368 e. The number of rotatable bonds is 3. The normalized spacial score (nSPS) is 9.00. The molecule has 3 N–H and O–H groups in total. The van der Waals surface area contributed by atoms with Crippen molar-refractivity contribution in [1.82, 2.24) is 10.3 Å². The van der Waals surface area contributed by atoms with Gasteiger partial charge in [-0.25, -0.2) is 4.98 Å². The molecule has 1 heterocycles. The van der Waals surface area contributed by atoms with Gasteiger partial charge in [-0.2, -0.15) is 5.26 Å². The highest BCUT2D eigenvalue weighted by Crippen LogP contribution is 1.98. The van der Waals surface area contributed by atoms with Crippen molar-refractivity contribution in [3.63, 3.8) is 0 Å². The van der Waals surface area contributed by atoms with Gasteiger partial charge in [0.15, 0.2) is 0 Å². The van der Waals surface area contributed by atoms with Crippen LogP contribution in [0.25, 0.3) is 0 Å². The van der Waals surface area contributed by atoms with E-state index in [1.165, 1.54) is 18.3 Å². The monoisotopic (exact) mass is 204 g/mol. The van der Waals surface area contributed by atoms with E-state index in [2.05, 4.69) is 10.3 Å². The van der Waals surface area contributed by atoms with E-state index < -0.39 is 11.8 Å². The third-order valence-corrected chi connectivity index (χ3v) is 1.55. The highest BCUT2D eigenvalue weighted by molar-refractivity contribution is 5.94. The smallest absolute Gasteiger partial charge is 0.270 e. The number of nitrogens with two attached hydrogens (primary N) is 1. The molecule has 0 bridgehead atoms. The Labute approximate surface area is 85.7 Å². The summed E-state index contributed by atoms with van der Waals surface area (Å²) in [6.07, 6.45) is 1.28. The van der Waals surface area contributed by atoms with Crippen LogP contribution in [-0.4, -0.2) is 23.3 Å². The Kier molecular flexibility index (Phi) is 3.35. The fraction of sp³-hybridized carbons (Fsp3) is 0.111. The van der Waals surface area contributed by atoms with Crippen molar-refractivity contribution >= 4 is 11.8 Å². The molecule has 76 valence electrons. The number of primary amides is 1. The maximum atomic E-state index is 11.3. The molecule has 0 unspecified atom stereocenters. The first-order valence-corrected chi connectivity index (χ1v) is 4.06. The van der Waals surface area contributed by atoms with Crippen molar-refractivity contribution in [2.45, 2.75) is 0 Å². The van der Waals surface area contributed by atoms with Gasteiger partial charge in [-0.05, 0) is 12.1 Å². The third kappa shape index (κ3) is 3.08. The maximum Gasteiger partial charge on any atom is 0.270 e. The van der Waals surface area contributed by atoms with Gasteiger partial charge in [0, 0.05) is 6.20 Å². The van der Waals surface area contributed by atoms with Crippen molar-refractivity contribution < 1.29 is 9.59 Å². The van der Waals surface area contributed by atoms with Gasteiger partial charge < -0.3 is 11.1 Å². The first-order valence-electron chi connectivity index (χ1n) is 4.06. The number of carbonyl (C=O) groups is 2. The number of carbonyl (C=O) groups excluding carboxylic acids is 2. The Morgan fingerprint density at radius 3 is 2.73 bits per heavy atom. The molecule has 6 heteroatoms. The number of nitrogens with zero attached hydrogens (tertiary/aromatic N) is 2. The van der Waals surface area contributed by atoms with Gasteiger partial charge in [0.2, 0.25) is 5.91 Å². The molecular weight excluding hydrogens is 196 g/mol.